The Morgan fingerprint density at radius 3 is 2.00 bits per heavy atom. The molecule has 3 aromatic carbocycles. The van der Waals surface area contributed by atoms with Crippen LogP contribution in [-0.2, 0) is 0 Å². The van der Waals surface area contributed by atoms with Crippen LogP contribution < -0.4 is 9.47 Å². The van der Waals surface area contributed by atoms with Crippen molar-refractivity contribution < 1.29 is 14.3 Å². The normalized spacial score (nSPS) is 10.9. The number of unbranched alkanes of at least 4 members (excludes halogenated alkanes) is 9. The van der Waals surface area contributed by atoms with Crippen LogP contribution in [0.4, 0.5) is 0 Å². The Balaban J connectivity index is 1.26. The van der Waals surface area contributed by atoms with Gasteiger partial charge in [-0.25, -0.2) is 4.79 Å². The van der Waals surface area contributed by atoms with E-state index in [1.807, 2.05) is 42.5 Å². The summed E-state index contributed by atoms with van der Waals surface area (Å²) < 4.78 is 12.5. The molecule has 0 aliphatic heterocycles. The molecule has 0 bridgehead atoms. The van der Waals surface area contributed by atoms with Gasteiger partial charge in [-0.3, -0.25) is 0 Å². The van der Waals surface area contributed by atoms with Gasteiger partial charge in [0.25, 0.3) is 0 Å². The molecule has 1 heterocycles. The minimum Gasteiger partial charge on any atom is -0.494 e. The van der Waals surface area contributed by atoms with Crippen LogP contribution in [0.15, 0.2) is 66.7 Å². The monoisotopic (exact) mass is 573 g/mol. The fourth-order valence-corrected chi connectivity index (χ4v) is 6.07. The lowest BCUT2D eigenvalue weighted by molar-refractivity contribution is 0.0740. The molecular formula is C34H36ClNO3S. The van der Waals surface area contributed by atoms with Crippen LogP contribution in [0.1, 0.15) is 86.4 Å². The van der Waals surface area contributed by atoms with Crippen molar-refractivity contribution in [2.24, 2.45) is 0 Å². The minimum absolute atomic E-state index is 0.375. The summed E-state index contributed by atoms with van der Waals surface area (Å²) in [5.74, 6) is 0.751. The Kier molecular flexibility index (Phi) is 11.5. The Labute approximate surface area is 246 Å². The first-order valence-corrected chi connectivity index (χ1v) is 15.5. The summed E-state index contributed by atoms with van der Waals surface area (Å²) in [6, 6.07) is 22.5. The van der Waals surface area contributed by atoms with Crippen molar-refractivity contribution in [3.8, 4) is 28.7 Å². The highest BCUT2D eigenvalue weighted by Crippen LogP contribution is 2.38. The summed E-state index contributed by atoms with van der Waals surface area (Å²) in [6.45, 7) is 2.95. The lowest BCUT2D eigenvalue weighted by Crippen LogP contribution is -2.06. The van der Waals surface area contributed by atoms with E-state index >= 15 is 0 Å². The second-order valence-corrected chi connectivity index (χ2v) is 11.5. The molecule has 0 fully saturated rings. The van der Waals surface area contributed by atoms with Crippen molar-refractivity contribution >= 4 is 39.0 Å². The first kappa shape index (κ1) is 29.6. The number of hydrogen-bond donors (Lipinski definition) is 0. The molecule has 0 unspecified atom stereocenters. The molecule has 0 spiro atoms. The predicted octanol–water partition coefficient (Wildman–Crippen LogP) is 10.6. The maximum Gasteiger partial charge on any atom is 0.355 e. The number of hydrogen-bond acceptors (Lipinski definition) is 5. The lowest BCUT2D eigenvalue weighted by Gasteiger charge is -2.06. The standard InChI is InChI=1S/C34H36ClNO3S/c1-2-3-4-5-6-7-8-9-10-11-22-38-29-20-21-30-31(23-29)40-33(32(30)35)34(37)39-28-18-16-27(17-19-28)26-14-12-25(24-36)13-15-26/h12-21,23H,2-11,22H2,1H3. The molecule has 0 saturated heterocycles. The van der Waals surface area contributed by atoms with Gasteiger partial charge >= 0.3 is 5.97 Å². The molecule has 0 N–H and O–H groups in total. The highest BCUT2D eigenvalue weighted by molar-refractivity contribution is 7.21. The van der Waals surface area contributed by atoms with Gasteiger partial charge in [0.15, 0.2) is 0 Å². The molecule has 1 aromatic heterocycles. The number of fused-ring (bicyclic) bond motifs is 1. The maximum atomic E-state index is 12.9. The molecule has 0 aliphatic carbocycles. The summed E-state index contributed by atoms with van der Waals surface area (Å²) in [6.07, 6.45) is 12.9. The van der Waals surface area contributed by atoms with Gasteiger partial charge in [-0.1, -0.05) is 101 Å². The van der Waals surface area contributed by atoms with Crippen molar-refractivity contribution in [1.82, 2.24) is 0 Å². The molecule has 4 rings (SSSR count). The largest absolute Gasteiger partial charge is 0.494 e. The fraction of sp³-hybridized carbons (Fsp3) is 0.353. The smallest absolute Gasteiger partial charge is 0.355 e. The first-order chi connectivity index (χ1) is 19.6. The molecule has 6 heteroatoms. The summed E-state index contributed by atoms with van der Waals surface area (Å²) in [5, 5.41) is 10.2. The van der Waals surface area contributed by atoms with Gasteiger partial charge in [-0.2, -0.15) is 5.26 Å². The van der Waals surface area contributed by atoms with E-state index in [9.17, 15) is 4.79 Å². The van der Waals surface area contributed by atoms with Crippen LogP contribution in [-0.4, -0.2) is 12.6 Å². The van der Waals surface area contributed by atoms with E-state index < -0.39 is 5.97 Å². The SMILES string of the molecule is CCCCCCCCCCCCOc1ccc2c(Cl)c(C(=O)Oc3ccc(-c4ccc(C#N)cc4)cc3)sc2c1. The summed E-state index contributed by atoms with van der Waals surface area (Å²) in [7, 11) is 0. The second-order valence-electron chi connectivity index (χ2n) is 10.0. The van der Waals surface area contributed by atoms with Crippen molar-refractivity contribution in [1.29, 1.82) is 5.26 Å². The van der Waals surface area contributed by atoms with Gasteiger partial charge in [0.1, 0.15) is 16.4 Å². The number of ether oxygens (including phenoxy) is 2. The number of nitriles is 1. The zero-order valence-electron chi connectivity index (χ0n) is 23.1. The summed E-state index contributed by atoms with van der Waals surface area (Å²) in [5.41, 5.74) is 2.56. The Hall–Kier alpha value is -3.33. The average Bonchev–Trinajstić information content (AvgIpc) is 3.32. The number of benzene rings is 3. The molecule has 0 radical (unpaired) electrons. The maximum absolute atomic E-state index is 12.9. The van der Waals surface area contributed by atoms with Gasteiger partial charge in [-0.05, 0) is 60.0 Å². The summed E-state index contributed by atoms with van der Waals surface area (Å²) in [4.78, 5) is 13.3. The molecule has 0 aliphatic rings. The molecule has 0 saturated carbocycles. The van der Waals surface area contributed by atoms with Gasteiger partial charge < -0.3 is 9.47 Å². The van der Waals surface area contributed by atoms with Crippen LogP contribution in [0.25, 0.3) is 21.2 Å². The second kappa shape index (κ2) is 15.5. The molecule has 0 amide bonds. The van der Waals surface area contributed by atoms with Crippen LogP contribution in [0.5, 0.6) is 11.5 Å². The lowest BCUT2D eigenvalue weighted by atomic mass is 10.0. The number of carbonyl (C=O) groups excluding carboxylic acids is 1. The highest BCUT2D eigenvalue weighted by atomic mass is 35.5. The Morgan fingerprint density at radius 2 is 1.38 bits per heavy atom. The molecular weight excluding hydrogens is 538 g/mol. The van der Waals surface area contributed by atoms with Gasteiger partial charge in [0.05, 0.1) is 23.3 Å². The quantitative estimate of drug-likeness (QED) is 0.0806. The highest BCUT2D eigenvalue weighted by Gasteiger charge is 2.20. The zero-order chi connectivity index (χ0) is 28.2. The number of thiophene rings is 1. The first-order valence-electron chi connectivity index (χ1n) is 14.3. The van der Waals surface area contributed by atoms with Gasteiger partial charge in [0.2, 0.25) is 0 Å². The molecule has 0 atom stereocenters. The number of rotatable bonds is 15. The van der Waals surface area contributed by atoms with Crippen LogP contribution in [0, 0.1) is 11.3 Å². The van der Waals surface area contributed by atoms with Crippen molar-refractivity contribution in [3.63, 3.8) is 0 Å². The third-order valence-electron chi connectivity index (χ3n) is 6.97. The number of esters is 1. The molecule has 40 heavy (non-hydrogen) atoms. The van der Waals surface area contributed by atoms with E-state index in [-0.39, 0.29) is 0 Å². The van der Waals surface area contributed by atoms with E-state index in [1.165, 1.54) is 69.1 Å². The zero-order valence-corrected chi connectivity index (χ0v) is 24.7. The van der Waals surface area contributed by atoms with Crippen LogP contribution in [0.3, 0.4) is 0 Å². The average molecular weight is 574 g/mol. The minimum atomic E-state index is -0.481. The van der Waals surface area contributed by atoms with Crippen molar-refractivity contribution in [2.75, 3.05) is 6.61 Å². The van der Waals surface area contributed by atoms with E-state index in [1.54, 1.807) is 24.3 Å². The third kappa shape index (κ3) is 8.34. The Bertz CT molecular complexity index is 1420. The molecule has 208 valence electrons. The van der Waals surface area contributed by atoms with E-state index in [0.717, 1.165) is 33.4 Å². The predicted molar refractivity (Wildman–Crippen MR) is 166 cm³/mol. The van der Waals surface area contributed by atoms with Gasteiger partial charge in [-0.15, -0.1) is 11.3 Å². The molecule has 4 aromatic rings. The van der Waals surface area contributed by atoms with E-state index in [4.69, 9.17) is 26.3 Å². The van der Waals surface area contributed by atoms with Crippen molar-refractivity contribution in [2.45, 2.75) is 71.1 Å². The third-order valence-corrected chi connectivity index (χ3v) is 8.60. The van der Waals surface area contributed by atoms with E-state index in [0.29, 0.717) is 27.8 Å². The van der Waals surface area contributed by atoms with Crippen LogP contribution in [0.2, 0.25) is 5.02 Å². The van der Waals surface area contributed by atoms with E-state index in [2.05, 4.69) is 13.0 Å². The number of carbonyl (C=O) groups is 1. The summed E-state index contributed by atoms with van der Waals surface area (Å²) >= 11 is 7.88. The fourth-order valence-electron chi connectivity index (χ4n) is 4.65. The molecule has 4 nitrogen and oxygen atoms in total. The van der Waals surface area contributed by atoms with Gasteiger partial charge in [0, 0.05) is 10.1 Å². The topological polar surface area (TPSA) is 59.3 Å². The van der Waals surface area contributed by atoms with Crippen molar-refractivity contribution in [3.05, 3.63) is 82.2 Å². The number of halogens is 1. The van der Waals surface area contributed by atoms with Crippen LogP contribution >= 0.6 is 22.9 Å². The number of nitrogens with zero attached hydrogens (tertiary/aromatic N) is 1. The Morgan fingerprint density at radius 1 is 0.800 bits per heavy atom.